The molecule has 0 heterocycles. The van der Waals surface area contributed by atoms with Crippen LogP contribution < -0.4 is 0 Å². The Morgan fingerprint density at radius 1 is 0.542 bits per heavy atom. The van der Waals surface area contributed by atoms with Crippen LogP contribution in [0.1, 0.15) is 41.5 Å². The summed E-state index contributed by atoms with van der Waals surface area (Å²) in [5.41, 5.74) is 2.99. The summed E-state index contributed by atoms with van der Waals surface area (Å²) in [5.74, 6) is 2.92. The first-order valence-corrected chi connectivity index (χ1v) is 11.9. The topological polar surface area (TPSA) is 64.6 Å². The van der Waals surface area contributed by atoms with Crippen molar-refractivity contribution in [3.05, 3.63) is 0 Å². The van der Waals surface area contributed by atoms with Crippen molar-refractivity contribution in [2.75, 3.05) is 46.2 Å². The molecule has 0 fully saturated rings. The van der Waals surface area contributed by atoms with Gasteiger partial charge in [0.05, 0.1) is 0 Å². The monoisotopic (exact) mass is 380 g/mol. The van der Waals surface area contributed by atoms with E-state index in [9.17, 15) is 0 Å². The molecule has 0 spiro atoms. The third kappa shape index (κ3) is 8.71. The van der Waals surface area contributed by atoms with Gasteiger partial charge in [0.25, 0.3) is 0 Å². The molecule has 24 heavy (non-hydrogen) atoms. The number of rotatable bonds is 14. The molecule has 0 radical (unpaired) electrons. The highest BCUT2D eigenvalue weighted by Crippen LogP contribution is 2.12. The molecule has 0 aromatic heterocycles. The fraction of sp³-hybridized carbons (Fsp3) is 0.867. The minimum Gasteiger partial charge on any atom is -0.364 e. The molecule has 7 nitrogen and oxygen atoms in total. The summed E-state index contributed by atoms with van der Waals surface area (Å²) >= 11 is 0. The van der Waals surface area contributed by atoms with Crippen LogP contribution in [-0.4, -0.2) is 64.1 Å². The van der Waals surface area contributed by atoms with E-state index < -0.39 is 17.9 Å². The summed E-state index contributed by atoms with van der Waals surface area (Å²) in [7, 11) is -6.15. The summed E-state index contributed by atoms with van der Waals surface area (Å²) < 4.78 is 39.6. The fourth-order valence-electron chi connectivity index (χ4n) is 1.85. The first-order valence-electron chi connectivity index (χ1n) is 8.55. The van der Waals surface area contributed by atoms with Gasteiger partial charge in [-0.1, -0.05) is 5.92 Å². The molecule has 0 saturated carbocycles. The lowest BCUT2D eigenvalue weighted by atomic mass is 10.8. The van der Waals surface area contributed by atoms with E-state index in [0.717, 1.165) is 0 Å². The lowest BCUT2D eigenvalue weighted by molar-refractivity contribution is -0.0206. The number of hydrogen-bond donors (Lipinski definition) is 0. The van der Waals surface area contributed by atoms with E-state index in [4.69, 9.17) is 31.0 Å². The van der Waals surface area contributed by atoms with Crippen LogP contribution in [0.25, 0.3) is 0 Å². The minimum absolute atomic E-state index is 0.0915. The summed E-state index contributed by atoms with van der Waals surface area (Å²) in [6.45, 7) is 14.1. The lowest BCUT2D eigenvalue weighted by Crippen LogP contribution is -2.49. The Kier molecular flexibility index (Phi) is 13.8. The van der Waals surface area contributed by atoms with Crippen molar-refractivity contribution < 1.29 is 31.0 Å². The zero-order valence-electron chi connectivity index (χ0n) is 15.8. The Hall–Kier alpha value is -0.286. The first-order chi connectivity index (χ1) is 11.6. The first kappa shape index (κ1) is 23.7. The molecule has 0 aliphatic rings. The van der Waals surface area contributed by atoms with E-state index in [-0.39, 0.29) is 6.61 Å². The smallest absolute Gasteiger partial charge is 0.364 e. The van der Waals surface area contributed by atoms with Crippen LogP contribution >= 0.6 is 0 Å². The van der Waals surface area contributed by atoms with Crippen LogP contribution in [0, 0.1) is 11.5 Å². The second kappa shape index (κ2) is 13.9. The van der Waals surface area contributed by atoms with E-state index in [1.807, 2.05) is 41.5 Å². The molecule has 0 N–H and O–H groups in total. The summed E-state index contributed by atoms with van der Waals surface area (Å²) in [4.78, 5) is 0. The molecule has 0 aliphatic carbocycles. The quantitative estimate of drug-likeness (QED) is 0.338. The van der Waals surface area contributed by atoms with Gasteiger partial charge >= 0.3 is 17.9 Å². The van der Waals surface area contributed by atoms with Crippen LogP contribution in [0.5, 0.6) is 0 Å². The maximum Gasteiger partial charge on any atom is 0.680 e. The molecule has 0 aromatic carbocycles. The van der Waals surface area contributed by atoms with Crippen LogP contribution in [-0.2, 0) is 31.0 Å². The van der Waals surface area contributed by atoms with Gasteiger partial charge in [0.2, 0.25) is 0 Å². The predicted molar refractivity (Wildman–Crippen MR) is 95.0 cm³/mol. The SMILES string of the molecule is CCO[Si](C#CCO[Si](OCC)(OCC)OCC)(OCC)OCC. The van der Waals surface area contributed by atoms with Gasteiger partial charge in [-0.15, -0.1) is 0 Å². The van der Waals surface area contributed by atoms with Crippen molar-refractivity contribution in [3.8, 4) is 11.5 Å². The molecular weight excluding hydrogens is 348 g/mol. The highest BCUT2D eigenvalue weighted by atomic mass is 28.4. The van der Waals surface area contributed by atoms with Gasteiger partial charge < -0.3 is 31.0 Å². The van der Waals surface area contributed by atoms with Crippen LogP contribution in [0.15, 0.2) is 0 Å². The van der Waals surface area contributed by atoms with E-state index in [1.165, 1.54) is 0 Å². The third-order valence-corrected chi connectivity index (χ3v) is 7.44. The van der Waals surface area contributed by atoms with Crippen molar-refractivity contribution in [2.24, 2.45) is 0 Å². The maximum atomic E-state index is 5.73. The zero-order chi connectivity index (χ0) is 18.3. The maximum absolute atomic E-state index is 5.73. The molecular formula is C15H32O7Si2. The van der Waals surface area contributed by atoms with Crippen molar-refractivity contribution in [1.29, 1.82) is 0 Å². The molecule has 9 heteroatoms. The second-order valence-corrected chi connectivity index (χ2v) is 8.63. The van der Waals surface area contributed by atoms with Gasteiger partial charge in [-0.25, -0.2) is 0 Å². The third-order valence-electron chi connectivity index (χ3n) is 2.53. The van der Waals surface area contributed by atoms with Gasteiger partial charge in [-0.2, -0.15) is 0 Å². The van der Waals surface area contributed by atoms with E-state index >= 15 is 0 Å². The van der Waals surface area contributed by atoms with Gasteiger partial charge in [0.15, 0.2) is 0 Å². The Balaban J connectivity index is 5.00. The Morgan fingerprint density at radius 2 is 0.917 bits per heavy atom. The molecule has 0 amide bonds. The average molecular weight is 381 g/mol. The summed E-state index contributed by atoms with van der Waals surface area (Å²) in [5, 5.41) is 0. The minimum atomic E-state index is -3.16. The molecule has 142 valence electrons. The summed E-state index contributed by atoms with van der Waals surface area (Å²) in [6, 6.07) is 0. The van der Waals surface area contributed by atoms with Gasteiger partial charge in [0.1, 0.15) is 6.61 Å². The molecule has 0 aromatic rings. The van der Waals surface area contributed by atoms with Gasteiger partial charge in [0, 0.05) is 39.6 Å². The molecule has 0 saturated heterocycles. The summed E-state index contributed by atoms with van der Waals surface area (Å²) in [6.07, 6.45) is 0. The van der Waals surface area contributed by atoms with Crippen molar-refractivity contribution >= 4 is 17.9 Å². The Morgan fingerprint density at radius 3 is 1.25 bits per heavy atom. The normalized spacial score (nSPS) is 12.1. The predicted octanol–water partition coefficient (Wildman–Crippen LogP) is 2.14. The molecule has 0 aliphatic heterocycles. The van der Waals surface area contributed by atoms with Crippen LogP contribution in [0.2, 0.25) is 0 Å². The second-order valence-electron chi connectivity index (χ2n) is 4.24. The van der Waals surface area contributed by atoms with Gasteiger partial charge in [-0.3, -0.25) is 0 Å². The van der Waals surface area contributed by atoms with Crippen LogP contribution in [0.4, 0.5) is 0 Å². The zero-order valence-corrected chi connectivity index (χ0v) is 17.8. The van der Waals surface area contributed by atoms with Crippen LogP contribution in [0.3, 0.4) is 0 Å². The molecule has 0 unspecified atom stereocenters. The van der Waals surface area contributed by atoms with Crippen molar-refractivity contribution in [1.82, 2.24) is 0 Å². The molecule has 0 rings (SSSR count). The fourth-order valence-corrected chi connectivity index (χ4v) is 5.56. The largest absolute Gasteiger partial charge is 0.680 e. The number of hydrogen-bond acceptors (Lipinski definition) is 7. The van der Waals surface area contributed by atoms with Crippen molar-refractivity contribution in [3.63, 3.8) is 0 Å². The standard InChI is InChI=1S/C15H32O7Si2/c1-7-16-23(17-8-2,18-9-3)15-13-14-22-24(19-10-4,20-11-5)21-12-6/h7-12,14H2,1-6H3. The highest BCUT2D eigenvalue weighted by molar-refractivity contribution is 6.69. The average Bonchev–Trinajstić information content (AvgIpc) is 2.53. The molecule has 0 atom stereocenters. The van der Waals surface area contributed by atoms with Crippen molar-refractivity contribution in [2.45, 2.75) is 41.5 Å². The van der Waals surface area contributed by atoms with E-state index in [0.29, 0.717) is 39.6 Å². The molecule has 0 bridgehead atoms. The highest BCUT2D eigenvalue weighted by Gasteiger charge is 2.45. The van der Waals surface area contributed by atoms with E-state index in [2.05, 4.69) is 11.5 Å². The Labute approximate surface area is 148 Å². The Bertz CT molecular complexity index is 337. The lowest BCUT2D eigenvalue weighted by Gasteiger charge is -2.26. The van der Waals surface area contributed by atoms with Gasteiger partial charge in [-0.05, 0) is 47.1 Å². The van der Waals surface area contributed by atoms with E-state index in [1.54, 1.807) is 0 Å².